The number of nitrogens with zero attached hydrogens (tertiary/aromatic N) is 4. The first-order valence-corrected chi connectivity index (χ1v) is 8.42. The zero-order chi connectivity index (χ0) is 18.1. The van der Waals surface area contributed by atoms with Crippen molar-refractivity contribution in [1.29, 1.82) is 0 Å². The number of rotatable bonds is 4. The van der Waals surface area contributed by atoms with Crippen LogP contribution in [-0.4, -0.2) is 25.2 Å². The summed E-state index contributed by atoms with van der Waals surface area (Å²) in [6, 6.07) is 9.91. The van der Waals surface area contributed by atoms with Crippen LogP contribution in [0.1, 0.15) is 11.1 Å². The van der Waals surface area contributed by atoms with Gasteiger partial charge in [-0.2, -0.15) is 5.10 Å². The highest BCUT2D eigenvalue weighted by molar-refractivity contribution is 5.94. The lowest BCUT2D eigenvalue weighted by Gasteiger charge is -2.11. The maximum absolute atomic E-state index is 12.6. The summed E-state index contributed by atoms with van der Waals surface area (Å²) in [5.74, 6) is -0.108. The number of fused-ring (bicyclic) bond motifs is 1. The van der Waals surface area contributed by atoms with E-state index < -0.39 is 0 Å². The minimum Gasteiger partial charge on any atom is -0.338 e. The van der Waals surface area contributed by atoms with Crippen LogP contribution in [0.4, 0.5) is 5.69 Å². The summed E-state index contributed by atoms with van der Waals surface area (Å²) < 4.78 is 3.70. The van der Waals surface area contributed by atoms with Gasteiger partial charge in [0.2, 0.25) is 5.91 Å². The number of aromatic nitrogens is 4. The second-order valence-electron chi connectivity index (χ2n) is 6.36. The van der Waals surface area contributed by atoms with Crippen molar-refractivity contribution in [2.24, 2.45) is 0 Å². The van der Waals surface area contributed by atoms with E-state index in [1.54, 1.807) is 23.3 Å². The lowest BCUT2D eigenvalue weighted by Crippen LogP contribution is -2.19. The Bertz CT molecular complexity index is 1090. The van der Waals surface area contributed by atoms with Crippen LogP contribution in [0.3, 0.4) is 0 Å². The number of carbonyl (C=O) groups excluding carboxylic acids is 1. The summed E-state index contributed by atoms with van der Waals surface area (Å²) in [5.41, 5.74) is 4.67. The Hall–Kier alpha value is -3.41. The van der Waals surface area contributed by atoms with Gasteiger partial charge in [-0.05, 0) is 37.1 Å². The molecule has 1 N–H and O–H groups in total. The summed E-state index contributed by atoms with van der Waals surface area (Å²) in [7, 11) is 0. The molecule has 0 unspecified atom stereocenters. The maximum Gasteiger partial charge on any atom is 0.244 e. The maximum atomic E-state index is 12.6. The van der Waals surface area contributed by atoms with Crippen molar-refractivity contribution in [2.45, 2.75) is 20.4 Å². The summed E-state index contributed by atoms with van der Waals surface area (Å²) >= 11 is 0. The van der Waals surface area contributed by atoms with E-state index in [4.69, 9.17) is 0 Å². The molecule has 4 aromatic rings. The molecule has 0 spiro atoms. The molecule has 4 rings (SSSR count). The lowest BCUT2D eigenvalue weighted by atomic mass is 10.2. The summed E-state index contributed by atoms with van der Waals surface area (Å²) in [5, 5.41) is 8.43. The fourth-order valence-electron chi connectivity index (χ4n) is 3.13. The third kappa shape index (κ3) is 2.97. The Kier molecular flexibility index (Phi) is 4.01. The van der Waals surface area contributed by atoms with E-state index in [1.807, 2.05) is 48.1 Å². The number of para-hydroxylation sites is 1. The van der Waals surface area contributed by atoms with Gasteiger partial charge in [-0.1, -0.05) is 18.2 Å². The highest BCUT2D eigenvalue weighted by atomic mass is 16.1. The number of nitrogens with one attached hydrogen (secondary N) is 1. The van der Waals surface area contributed by atoms with Crippen LogP contribution in [0, 0.1) is 13.8 Å². The number of carbonyl (C=O) groups is 1. The molecule has 0 radical (unpaired) electrons. The molecule has 0 saturated heterocycles. The molecular formula is C20H19N5O. The normalized spacial score (nSPS) is 11.0. The highest BCUT2D eigenvalue weighted by Gasteiger charge is 2.12. The molecule has 130 valence electrons. The average Bonchev–Trinajstić information content (AvgIpc) is 3.20. The number of pyridine rings is 1. The topological polar surface area (TPSA) is 64.7 Å². The second-order valence-corrected chi connectivity index (χ2v) is 6.36. The molecule has 0 aliphatic carbocycles. The highest BCUT2D eigenvalue weighted by Crippen LogP contribution is 2.21. The van der Waals surface area contributed by atoms with Crippen LogP contribution in [0.15, 0.2) is 61.3 Å². The second kappa shape index (κ2) is 6.48. The van der Waals surface area contributed by atoms with Crippen molar-refractivity contribution in [3.8, 4) is 5.69 Å². The lowest BCUT2D eigenvalue weighted by molar-refractivity contribution is -0.116. The van der Waals surface area contributed by atoms with Gasteiger partial charge in [0.1, 0.15) is 6.54 Å². The van der Waals surface area contributed by atoms with Gasteiger partial charge in [0, 0.05) is 29.5 Å². The molecule has 0 saturated carbocycles. The standard InChI is InChI=1S/C20H19N5O/c1-14-9-22-25(11-14)19-7-8-21-10-17(19)23-20(26)13-24-12-15(2)16-5-3-4-6-18(16)24/h3-12H,13H2,1-2H3,(H,23,26). The molecule has 1 aromatic carbocycles. The van der Waals surface area contributed by atoms with Gasteiger partial charge in [0.25, 0.3) is 0 Å². The number of anilines is 1. The van der Waals surface area contributed by atoms with E-state index in [-0.39, 0.29) is 12.5 Å². The predicted octanol–water partition coefficient (Wildman–Crippen LogP) is 3.48. The Morgan fingerprint density at radius 3 is 2.77 bits per heavy atom. The van der Waals surface area contributed by atoms with Gasteiger partial charge in [-0.15, -0.1) is 0 Å². The average molecular weight is 345 g/mol. The van der Waals surface area contributed by atoms with Gasteiger partial charge in [-0.3, -0.25) is 9.78 Å². The summed E-state index contributed by atoms with van der Waals surface area (Å²) in [6.07, 6.45) is 9.02. The molecule has 0 bridgehead atoms. The van der Waals surface area contributed by atoms with Gasteiger partial charge in [-0.25, -0.2) is 4.68 Å². The molecule has 0 fully saturated rings. The Morgan fingerprint density at radius 1 is 1.12 bits per heavy atom. The fourth-order valence-corrected chi connectivity index (χ4v) is 3.13. The van der Waals surface area contributed by atoms with Crippen molar-refractivity contribution < 1.29 is 4.79 Å². The zero-order valence-electron chi connectivity index (χ0n) is 14.7. The predicted molar refractivity (Wildman–Crippen MR) is 101 cm³/mol. The third-order valence-electron chi connectivity index (χ3n) is 4.33. The molecule has 0 atom stereocenters. The Labute approximate surface area is 151 Å². The first kappa shape index (κ1) is 16.1. The van der Waals surface area contributed by atoms with Gasteiger partial charge in [0.15, 0.2) is 0 Å². The number of hydrogen-bond acceptors (Lipinski definition) is 3. The third-order valence-corrected chi connectivity index (χ3v) is 4.33. The van der Waals surface area contributed by atoms with Crippen LogP contribution in [0.2, 0.25) is 0 Å². The van der Waals surface area contributed by atoms with Crippen LogP contribution >= 0.6 is 0 Å². The molecule has 0 aliphatic rings. The molecule has 26 heavy (non-hydrogen) atoms. The smallest absolute Gasteiger partial charge is 0.244 e. The minimum absolute atomic E-state index is 0.108. The fraction of sp³-hybridized carbons (Fsp3) is 0.150. The van der Waals surface area contributed by atoms with E-state index in [1.165, 1.54) is 0 Å². The molecule has 3 heterocycles. The number of amides is 1. The van der Waals surface area contributed by atoms with Crippen LogP contribution in [0.5, 0.6) is 0 Å². The molecular weight excluding hydrogens is 326 g/mol. The van der Waals surface area contributed by atoms with E-state index >= 15 is 0 Å². The van der Waals surface area contributed by atoms with Crippen LogP contribution < -0.4 is 5.32 Å². The molecule has 1 amide bonds. The van der Waals surface area contributed by atoms with Crippen LogP contribution in [0.25, 0.3) is 16.6 Å². The van der Waals surface area contributed by atoms with E-state index in [9.17, 15) is 4.79 Å². The molecule has 0 aliphatic heterocycles. The van der Waals surface area contributed by atoms with Crippen molar-refractivity contribution in [3.05, 3.63) is 72.4 Å². The zero-order valence-corrected chi connectivity index (χ0v) is 14.7. The van der Waals surface area contributed by atoms with E-state index in [0.717, 1.165) is 27.7 Å². The Balaban J connectivity index is 1.59. The SMILES string of the molecule is Cc1cnn(-c2ccncc2NC(=O)Cn2cc(C)c3ccccc32)c1. The summed E-state index contributed by atoms with van der Waals surface area (Å²) in [4.78, 5) is 16.8. The van der Waals surface area contributed by atoms with Crippen molar-refractivity contribution in [2.75, 3.05) is 5.32 Å². The van der Waals surface area contributed by atoms with Gasteiger partial charge in [0.05, 0.1) is 23.8 Å². The Morgan fingerprint density at radius 2 is 1.96 bits per heavy atom. The summed E-state index contributed by atoms with van der Waals surface area (Å²) in [6.45, 7) is 4.26. The van der Waals surface area contributed by atoms with Crippen molar-refractivity contribution in [3.63, 3.8) is 0 Å². The minimum atomic E-state index is -0.108. The van der Waals surface area contributed by atoms with E-state index in [2.05, 4.69) is 28.4 Å². The van der Waals surface area contributed by atoms with Crippen LogP contribution in [-0.2, 0) is 11.3 Å². The number of benzene rings is 1. The van der Waals surface area contributed by atoms with E-state index in [0.29, 0.717) is 5.69 Å². The number of aryl methyl sites for hydroxylation is 2. The van der Waals surface area contributed by atoms with Crippen molar-refractivity contribution in [1.82, 2.24) is 19.3 Å². The van der Waals surface area contributed by atoms with Crippen molar-refractivity contribution >= 4 is 22.5 Å². The molecule has 6 heteroatoms. The molecule has 6 nitrogen and oxygen atoms in total. The first-order valence-electron chi connectivity index (χ1n) is 8.42. The first-order chi connectivity index (χ1) is 12.6. The van der Waals surface area contributed by atoms with Gasteiger partial charge >= 0.3 is 0 Å². The molecule has 3 aromatic heterocycles. The largest absolute Gasteiger partial charge is 0.338 e. The van der Waals surface area contributed by atoms with Gasteiger partial charge < -0.3 is 9.88 Å². The number of hydrogen-bond donors (Lipinski definition) is 1. The quantitative estimate of drug-likeness (QED) is 0.616. The monoisotopic (exact) mass is 345 g/mol.